The molecule has 3 nitrogen and oxygen atoms in total. The van der Waals surface area contributed by atoms with Crippen LogP contribution in [0.3, 0.4) is 0 Å². The number of thiazole rings is 1. The van der Waals surface area contributed by atoms with Crippen molar-refractivity contribution in [1.82, 2.24) is 9.97 Å². The molecule has 8 heteroatoms. The Morgan fingerprint density at radius 2 is 2.15 bits per heavy atom. The first-order valence-corrected chi connectivity index (χ1v) is 7.06. The lowest BCUT2D eigenvalue weighted by molar-refractivity contribution is -0.137. The van der Waals surface area contributed by atoms with Crippen LogP contribution in [0.1, 0.15) is 30.0 Å². The Bertz CT molecular complexity index is 572. The quantitative estimate of drug-likeness (QED) is 0.881. The van der Waals surface area contributed by atoms with Crippen molar-refractivity contribution >= 4 is 28.8 Å². The van der Waals surface area contributed by atoms with Crippen molar-refractivity contribution in [2.75, 3.05) is 5.32 Å². The van der Waals surface area contributed by atoms with Gasteiger partial charge < -0.3 is 5.32 Å². The number of hydrogen-bond acceptors (Lipinski definition) is 4. The highest BCUT2D eigenvalue weighted by Crippen LogP contribution is 2.33. The van der Waals surface area contributed by atoms with Gasteiger partial charge in [0.25, 0.3) is 0 Å². The van der Waals surface area contributed by atoms with Gasteiger partial charge in [-0.05, 0) is 12.5 Å². The van der Waals surface area contributed by atoms with E-state index < -0.39 is 11.7 Å². The smallest absolute Gasteiger partial charge is 0.360 e. The van der Waals surface area contributed by atoms with Gasteiger partial charge >= 0.3 is 6.18 Å². The van der Waals surface area contributed by atoms with E-state index in [9.17, 15) is 13.2 Å². The molecule has 2 aromatic heterocycles. The molecular weight excluding hydrogens is 311 g/mol. The number of rotatable bonds is 4. The van der Waals surface area contributed by atoms with Gasteiger partial charge in [0.2, 0.25) is 0 Å². The number of aromatic nitrogens is 2. The van der Waals surface area contributed by atoms with Crippen LogP contribution in [0.25, 0.3) is 0 Å². The van der Waals surface area contributed by atoms with E-state index in [0.717, 1.165) is 17.3 Å². The molecule has 0 saturated carbocycles. The molecule has 0 radical (unpaired) electrons. The Morgan fingerprint density at radius 1 is 1.40 bits per heavy atom. The molecule has 0 saturated heterocycles. The molecule has 1 unspecified atom stereocenters. The number of nitrogens with one attached hydrogen (secondary N) is 1. The number of halogens is 4. The average Bonchev–Trinajstić information content (AvgIpc) is 2.90. The predicted octanol–water partition coefficient (Wildman–Crippen LogP) is 4.77. The number of nitrogens with zero attached hydrogens (tertiary/aromatic N) is 2. The van der Waals surface area contributed by atoms with Crippen molar-refractivity contribution in [1.29, 1.82) is 0 Å². The van der Waals surface area contributed by atoms with Crippen LogP contribution >= 0.6 is 22.9 Å². The van der Waals surface area contributed by atoms with E-state index in [1.807, 2.05) is 12.3 Å². The van der Waals surface area contributed by atoms with Gasteiger partial charge in [0.05, 0.1) is 16.6 Å². The van der Waals surface area contributed by atoms with E-state index in [2.05, 4.69) is 15.3 Å². The second-order valence-electron chi connectivity index (χ2n) is 4.03. The molecule has 2 aromatic rings. The second kappa shape index (κ2) is 5.97. The Labute approximate surface area is 122 Å². The Morgan fingerprint density at radius 3 is 2.65 bits per heavy atom. The third-order valence-electron chi connectivity index (χ3n) is 2.64. The minimum atomic E-state index is -4.45. The van der Waals surface area contributed by atoms with E-state index in [1.54, 1.807) is 6.20 Å². The summed E-state index contributed by atoms with van der Waals surface area (Å²) in [6, 6.07) is 0.739. The van der Waals surface area contributed by atoms with Gasteiger partial charge in [-0.3, -0.25) is 0 Å². The molecule has 0 spiro atoms. The van der Waals surface area contributed by atoms with Crippen LogP contribution < -0.4 is 5.32 Å². The van der Waals surface area contributed by atoms with Gasteiger partial charge in [0, 0.05) is 17.8 Å². The average molecular weight is 322 g/mol. The van der Waals surface area contributed by atoms with Gasteiger partial charge in [0.1, 0.15) is 10.8 Å². The van der Waals surface area contributed by atoms with E-state index in [1.165, 1.54) is 11.3 Å². The van der Waals surface area contributed by atoms with Crippen molar-refractivity contribution < 1.29 is 13.2 Å². The van der Waals surface area contributed by atoms with Gasteiger partial charge in [-0.25, -0.2) is 9.97 Å². The van der Waals surface area contributed by atoms with Crippen LogP contribution in [0, 0.1) is 0 Å². The van der Waals surface area contributed by atoms with Gasteiger partial charge in [-0.2, -0.15) is 13.2 Å². The monoisotopic (exact) mass is 321 g/mol. The van der Waals surface area contributed by atoms with Crippen LogP contribution in [0.4, 0.5) is 19.0 Å². The molecule has 0 aliphatic rings. The minimum Gasteiger partial charge on any atom is -0.360 e. The molecule has 0 aliphatic carbocycles. The molecule has 20 heavy (non-hydrogen) atoms. The van der Waals surface area contributed by atoms with Gasteiger partial charge in [0.15, 0.2) is 0 Å². The fraction of sp³-hybridized carbons (Fsp3) is 0.333. The van der Waals surface area contributed by atoms with Crippen molar-refractivity contribution in [2.24, 2.45) is 0 Å². The van der Waals surface area contributed by atoms with Gasteiger partial charge in [-0.1, -0.05) is 18.5 Å². The zero-order valence-electron chi connectivity index (χ0n) is 10.4. The molecule has 0 bridgehead atoms. The summed E-state index contributed by atoms with van der Waals surface area (Å²) in [5.41, 5.74) is -0.865. The van der Waals surface area contributed by atoms with Crippen molar-refractivity contribution in [3.05, 3.63) is 39.4 Å². The molecule has 108 valence electrons. The maximum absolute atomic E-state index is 12.5. The minimum absolute atomic E-state index is 0.0603. The maximum Gasteiger partial charge on any atom is 0.417 e. The molecule has 2 rings (SSSR count). The summed E-state index contributed by atoms with van der Waals surface area (Å²) in [5.74, 6) is 0.224. The standard InChI is InChI=1S/C12H11ClF3N3S/c1-2-9(11-17-3-4-20-11)19-10-8(13)5-7(6-18-10)12(14,15)16/h3-6,9H,2H2,1H3,(H,18,19). The molecular formula is C12H11ClF3N3S. The Balaban J connectivity index is 2.21. The normalized spacial score (nSPS) is 13.2. The van der Waals surface area contributed by atoms with E-state index in [4.69, 9.17) is 11.6 Å². The Kier molecular flexibility index (Phi) is 4.49. The third-order valence-corrected chi connectivity index (χ3v) is 3.81. The molecule has 0 amide bonds. The van der Waals surface area contributed by atoms with Crippen molar-refractivity contribution in [3.63, 3.8) is 0 Å². The highest BCUT2D eigenvalue weighted by Gasteiger charge is 2.31. The van der Waals surface area contributed by atoms with E-state index >= 15 is 0 Å². The predicted molar refractivity (Wildman–Crippen MR) is 73.0 cm³/mol. The lowest BCUT2D eigenvalue weighted by Crippen LogP contribution is -2.12. The van der Waals surface area contributed by atoms with E-state index in [-0.39, 0.29) is 16.9 Å². The maximum atomic E-state index is 12.5. The summed E-state index contributed by atoms with van der Waals surface area (Å²) < 4.78 is 37.6. The fourth-order valence-electron chi connectivity index (χ4n) is 1.61. The van der Waals surface area contributed by atoms with E-state index in [0.29, 0.717) is 6.42 Å². The first kappa shape index (κ1) is 15.1. The SMILES string of the molecule is CCC(Nc1ncc(C(F)(F)F)cc1Cl)c1nccs1. The molecule has 0 aliphatic heterocycles. The summed E-state index contributed by atoms with van der Waals surface area (Å²) in [6.07, 6.45) is -1.30. The van der Waals surface area contributed by atoms with Crippen LogP contribution in [0.5, 0.6) is 0 Å². The highest BCUT2D eigenvalue weighted by atomic mass is 35.5. The zero-order valence-corrected chi connectivity index (χ0v) is 12.0. The number of anilines is 1. The number of hydrogen-bond donors (Lipinski definition) is 1. The molecule has 0 aromatic carbocycles. The highest BCUT2D eigenvalue weighted by molar-refractivity contribution is 7.09. The summed E-state index contributed by atoms with van der Waals surface area (Å²) in [5, 5.41) is 5.63. The fourth-order valence-corrected chi connectivity index (χ4v) is 2.60. The first-order valence-electron chi connectivity index (χ1n) is 5.80. The summed E-state index contributed by atoms with van der Waals surface area (Å²) in [6.45, 7) is 1.94. The lowest BCUT2D eigenvalue weighted by Gasteiger charge is -2.16. The third kappa shape index (κ3) is 3.40. The molecule has 1 atom stereocenters. The van der Waals surface area contributed by atoms with Gasteiger partial charge in [-0.15, -0.1) is 11.3 Å². The largest absolute Gasteiger partial charge is 0.417 e. The van der Waals surface area contributed by atoms with Crippen LogP contribution in [0.15, 0.2) is 23.8 Å². The summed E-state index contributed by atoms with van der Waals surface area (Å²) in [7, 11) is 0. The topological polar surface area (TPSA) is 37.8 Å². The van der Waals surface area contributed by atoms with Crippen molar-refractivity contribution in [2.45, 2.75) is 25.6 Å². The van der Waals surface area contributed by atoms with Crippen LogP contribution in [-0.4, -0.2) is 9.97 Å². The molecule has 0 fully saturated rings. The first-order chi connectivity index (χ1) is 9.41. The number of pyridine rings is 1. The molecule has 2 heterocycles. The zero-order chi connectivity index (χ0) is 14.8. The summed E-state index contributed by atoms with van der Waals surface area (Å²) >= 11 is 7.32. The van der Waals surface area contributed by atoms with Crippen LogP contribution in [0.2, 0.25) is 5.02 Å². The molecule has 1 N–H and O–H groups in total. The Hall–Kier alpha value is -1.34. The van der Waals surface area contributed by atoms with Crippen molar-refractivity contribution in [3.8, 4) is 0 Å². The van der Waals surface area contributed by atoms with Crippen LogP contribution in [-0.2, 0) is 6.18 Å². The summed E-state index contributed by atoms with van der Waals surface area (Å²) in [4.78, 5) is 7.93. The second-order valence-corrected chi connectivity index (χ2v) is 5.36. The number of alkyl halides is 3. The lowest BCUT2D eigenvalue weighted by atomic mass is 10.2.